The van der Waals surface area contributed by atoms with Crippen molar-refractivity contribution < 1.29 is 49.1 Å². The second kappa shape index (κ2) is 9.98. The fraction of sp³-hybridized carbons (Fsp3) is 0.450. The van der Waals surface area contributed by atoms with Gasteiger partial charge < -0.3 is 5.32 Å². The fourth-order valence-corrected chi connectivity index (χ4v) is 3.06. The third-order valence-electron chi connectivity index (χ3n) is 4.50. The molecule has 8 heteroatoms. The first kappa shape index (κ1) is 23.0. The van der Waals surface area contributed by atoms with Crippen LogP contribution in [0.2, 0.25) is 0 Å². The molecule has 0 radical (unpaired) electrons. The van der Waals surface area contributed by atoms with Gasteiger partial charge in [-0.15, -0.1) is 12.0 Å². The van der Waals surface area contributed by atoms with Crippen LogP contribution in [0.1, 0.15) is 49.4 Å². The SMILES string of the molecule is O=C(NC1CC=Cc2nn(CC3=CC=[C-]CC3)cc21)C1CC1.[CH2-]C(F)(F)F.[U+2]. The number of carbonyl (C=O) groups excluding carboxylic acids is 1. The molecule has 0 saturated heterocycles. The van der Waals surface area contributed by atoms with E-state index in [9.17, 15) is 18.0 Å². The number of hydrogen-bond acceptors (Lipinski definition) is 2. The zero-order valence-corrected chi connectivity index (χ0v) is 19.6. The van der Waals surface area contributed by atoms with E-state index in [4.69, 9.17) is 0 Å². The number of hydrogen-bond donors (Lipinski definition) is 1. The molecule has 3 aliphatic carbocycles. The first-order valence-corrected chi connectivity index (χ1v) is 9.00. The maximum absolute atomic E-state index is 12.0. The van der Waals surface area contributed by atoms with Gasteiger partial charge in [0.15, 0.2) is 0 Å². The van der Waals surface area contributed by atoms with E-state index in [2.05, 4.69) is 40.9 Å². The van der Waals surface area contributed by atoms with Crippen LogP contribution >= 0.6 is 0 Å². The van der Waals surface area contributed by atoms with E-state index in [1.807, 2.05) is 10.8 Å². The number of allylic oxidation sites excluding steroid dienone is 4. The van der Waals surface area contributed by atoms with Crippen LogP contribution in [-0.2, 0) is 11.3 Å². The van der Waals surface area contributed by atoms with E-state index >= 15 is 0 Å². The van der Waals surface area contributed by atoms with Crippen molar-refractivity contribution in [2.24, 2.45) is 5.92 Å². The first-order chi connectivity index (χ1) is 12.8. The summed E-state index contributed by atoms with van der Waals surface area (Å²) in [4.78, 5) is 12.0. The number of rotatable bonds is 4. The summed E-state index contributed by atoms with van der Waals surface area (Å²) < 4.78 is 32.7. The topological polar surface area (TPSA) is 46.9 Å². The monoisotopic (exact) mass is 615 g/mol. The summed E-state index contributed by atoms with van der Waals surface area (Å²) in [6.07, 6.45) is 14.3. The number of alkyl halides is 3. The Balaban J connectivity index is 0.000000420. The van der Waals surface area contributed by atoms with Gasteiger partial charge in [0, 0.05) is 24.2 Å². The number of amides is 1. The van der Waals surface area contributed by atoms with Gasteiger partial charge in [-0.1, -0.05) is 12.5 Å². The molecule has 1 saturated carbocycles. The van der Waals surface area contributed by atoms with E-state index in [1.165, 1.54) is 5.57 Å². The Hall–Kier alpha value is -1.26. The molecule has 28 heavy (non-hydrogen) atoms. The zero-order valence-electron chi connectivity index (χ0n) is 15.4. The van der Waals surface area contributed by atoms with Crippen molar-refractivity contribution in [2.45, 2.75) is 50.9 Å². The molecule has 3 aliphatic rings. The van der Waals surface area contributed by atoms with Gasteiger partial charge >= 0.3 is 31.1 Å². The molecule has 1 atom stereocenters. The maximum Gasteiger partial charge on any atom is 2.00 e. The van der Waals surface area contributed by atoms with E-state index in [-0.39, 0.29) is 49.0 Å². The summed E-state index contributed by atoms with van der Waals surface area (Å²) in [5, 5.41) is 7.85. The van der Waals surface area contributed by atoms with Crippen molar-refractivity contribution >= 4 is 12.0 Å². The van der Waals surface area contributed by atoms with E-state index in [0.717, 1.165) is 49.9 Å². The van der Waals surface area contributed by atoms with Gasteiger partial charge in [0.1, 0.15) is 0 Å². The molecule has 1 heterocycles. The molecule has 0 bridgehead atoms. The number of fused-ring (bicyclic) bond motifs is 1. The van der Waals surface area contributed by atoms with Crippen LogP contribution in [0, 0.1) is 50.0 Å². The third kappa shape index (κ3) is 7.29. The molecule has 0 spiro atoms. The van der Waals surface area contributed by atoms with Gasteiger partial charge in [0.25, 0.3) is 6.18 Å². The second-order valence-corrected chi connectivity index (χ2v) is 6.95. The molecule has 1 unspecified atom stereocenters. The van der Waals surface area contributed by atoms with Crippen LogP contribution < -0.4 is 5.32 Å². The Morgan fingerprint density at radius 2 is 2.11 bits per heavy atom. The quantitative estimate of drug-likeness (QED) is 0.513. The van der Waals surface area contributed by atoms with Crippen LogP contribution in [0.3, 0.4) is 0 Å². The van der Waals surface area contributed by atoms with Crippen molar-refractivity contribution in [1.82, 2.24) is 15.1 Å². The van der Waals surface area contributed by atoms with Crippen LogP contribution in [0.15, 0.2) is 30.0 Å². The molecule has 1 amide bonds. The van der Waals surface area contributed by atoms with Crippen molar-refractivity contribution in [3.8, 4) is 0 Å². The number of aromatic nitrogens is 2. The Morgan fingerprint density at radius 3 is 2.71 bits per heavy atom. The number of nitrogens with zero attached hydrogens (tertiary/aromatic N) is 2. The summed E-state index contributed by atoms with van der Waals surface area (Å²) in [5.74, 6) is 0.453. The van der Waals surface area contributed by atoms with Crippen LogP contribution in [-0.4, -0.2) is 21.9 Å². The normalized spacial score (nSPS) is 20.3. The minimum atomic E-state index is -4.25. The van der Waals surface area contributed by atoms with E-state index < -0.39 is 6.18 Å². The minimum absolute atomic E-state index is 0. The molecule has 148 valence electrons. The zero-order chi connectivity index (χ0) is 19.4. The van der Waals surface area contributed by atoms with Gasteiger partial charge in [-0.3, -0.25) is 15.6 Å². The van der Waals surface area contributed by atoms with Crippen LogP contribution in [0.4, 0.5) is 13.2 Å². The van der Waals surface area contributed by atoms with E-state index in [1.54, 1.807) is 6.92 Å². The summed E-state index contributed by atoms with van der Waals surface area (Å²) >= 11 is 0. The van der Waals surface area contributed by atoms with Crippen molar-refractivity contribution in [1.29, 1.82) is 0 Å². The molecule has 4 nitrogen and oxygen atoms in total. The van der Waals surface area contributed by atoms with E-state index in [0.29, 0.717) is 0 Å². The predicted molar refractivity (Wildman–Crippen MR) is 96.0 cm³/mol. The maximum atomic E-state index is 12.0. The molecular formula is C20H22F3N3OU. The Morgan fingerprint density at radius 1 is 1.39 bits per heavy atom. The van der Waals surface area contributed by atoms with Gasteiger partial charge in [0.05, 0.1) is 11.7 Å². The van der Waals surface area contributed by atoms with Gasteiger partial charge in [-0.05, 0) is 25.3 Å². The molecule has 1 fully saturated rings. The smallest absolute Gasteiger partial charge is 0.349 e. The molecule has 1 aromatic heterocycles. The largest absolute Gasteiger partial charge is 2.00 e. The third-order valence-corrected chi connectivity index (χ3v) is 4.50. The Kier molecular flexibility index (Phi) is 8.20. The second-order valence-electron chi connectivity index (χ2n) is 6.95. The number of halogens is 3. The van der Waals surface area contributed by atoms with Crippen LogP contribution in [0.5, 0.6) is 0 Å². The standard InChI is InChI=1S/C18H20N3O.C2H2F3.U/c22-18(14-9-10-14)19-16-7-4-8-17-15(16)12-21(20-17)11-13-5-2-1-3-6-13;1-2(3,4)5;/h2,4-5,8,12,14,16H,3,6-7,9-11H2,(H,19,22);1H2;/q2*-1;+2. The molecular weight excluding hydrogens is 593 g/mol. The van der Waals surface area contributed by atoms with Crippen molar-refractivity contribution in [3.05, 3.63) is 54.3 Å². The summed E-state index contributed by atoms with van der Waals surface area (Å²) in [6, 6.07) is 0.0791. The molecule has 1 N–H and O–H groups in total. The average Bonchev–Trinajstić information content (AvgIpc) is 3.35. The number of nitrogens with one attached hydrogen (secondary N) is 1. The minimum Gasteiger partial charge on any atom is -0.349 e. The summed E-state index contributed by atoms with van der Waals surface area (Å²) in [5.41, 5.74) is 3.52. The predicted octanol–water partition coefficient (Wildman–Crippen LogP) is 4.33. The first-order valence-electron chi connectivity index (χ1n) is 9.00. The Bertz CT molecular complexity index is 770. The van der Waals surface area contributed by atoms with Gasteiger partial charge in [-0.2, -0.15) is 5.10 Å². The van der Waals surface area contributed by atoms with Gasteiger partial charge in [-0.25, -0.2) is 32.2 Å². The van der Waals surface area contributed by atoms with Crippen LogP contribution in [0.25, 0.3) is 6.08 Å². The summed E-state index contributed by atoms with van der Waals surface area (Å²) in [7, 11) is 0. The molecule has 4 rings (SSSR count). The number of carbonyl (C=O) groups is 1. The average molecular weight is 615 g/mol. The van der Waals surface area contributed by atoms with Crippen molar-refractivity contribution in [2.75, 3.05) is 0 Å². The molecule has 1 aromatic rings. The summed E-state index contributed by atoms with van der Waals surface area (Å²) in [6.45, 7) is 2.59. The Labute approximate surface area is 186 Å². The fourth-order valence-electron chi connectivity index (χ4n) is 3.06. The van der Waals surface area contributed by atoms with Crippen molar-refractivity contribution in [3.63, 3.8) is 0 Å². The molecule has 0 aromatic carbocycles. The van der Waals surface area contributed by atoms with Gasteiger partial charge in [0.2, 0.25) is 5.91 Å². The molecule has 0 aliphatic heterocycles.